The molecule has 8 heteroatoms. The molecule has 1 atom stereocenters. The zero-order valence-electron chi connectivity index (χ0n) is 15.6. The number of nitrogens with zero attached hydrogens (tertiary/aromatic N) is 4. The minimum atomic E-state index is -0.658. The first-order valence-corrected chi connectivity index (χ1v) is 9.37. The van der Waals surface area contributed by atoms with Crippen molar-refractivity contribution in [2.75, 3.05) is 13.1 Å². The number of halogens is 1. The Balaban J connectivity index is 1.43. The Morgan fingerprint density at radius 2 is 2.29 bits per heavy atom. The van der Waals surface area contributed by atoms with Crippen molar-refractivity contribution in [3.63, 3.8) is 0 Å². The molecule has 0 fully saturated rings. The summed E-state index contributed by atoms with van der Waals surface area (Å²) in [6.07, 6.45) is 6.17. The molecule has 0 spiro atoms. The second kappa shape index (κ2) is 7.55. The summed E-state index contributed by atoms with van der Waals surface area (Å²) < 4.78 is 14.8. The van der Waals surface area contributed by atoms with Gasteiger partial charge in [-0.3, -0.25) is 4.79 Å². The number of aliphatic hydroxyl groups excluding tert-OH is 1. The Kier molecular flexibility index (Phi) is 4.95. The predicted octanol–water partition coefficient (Wildman–Crippen LogP) is 2.66. The lowest BCUT2D eigenvalue weighted by molar-refractivity contribution is -0.131. The van der Waals surface area contributed by atoms with E-state index in [1.165, 1.54) is 16.8 Å². The molecule has 0 saturated heterocycles. The van der Waals surface area contributed by atoms with Gasteiger partial charge in [0, 0.05) is 35.8 Å². The van der Waals surface area contributed by atoms with Gasteiger partial charge in [0.1, 0.15) is 18.1 Å². The van der Waals surface area contributed by atoms with Crippen LogP contribution in [-0.4, -0.2) is 49.0 Å². The highest BCUT2D eigenvalue weighted by Gasteiger charge is 2.20. The summed E-state index contributed by atoms with van der Waals surface area (Å²) in [5.74, 6) is -0.309. The maximum absolute atomic E-state index is 13.4. The number of carbonyl (C=O) groups excluding carboxylic acids is 1. The van der Waals surface area contributed by atoms with E-state index in [0.717, 1.165) is 28.5 Å². The predicted molar refractivity (Wildman–Crippen MR) is 103 cm³/mol. The van der Waals surface area contributed by atoms with Gasteiger partial charge >= 0.3 is 0 Å². The second-order valence-electron chi connectivity index (χ2n) is 6.98. The number of aromatic amines is 1. The minimum absolute atomic E-state index is 0.0428. The van der Waals surface area contributed by atoms with E-state index in [1.54, 1.807) is 17.2 Å². The topological polar surface area (TPSA) is 87.0 Å². The summed E-state index contributed by atoms with van der Waals surface area (Å²) in [7, 11) is 0. The van der Waals surface area contributed by atoms with Crippen LogP contribution >= 0.6 is 0 Å². The smallest absolute Gasteiger partial charge is 0.244 e. The number of amides is 1. The van der Waals surface area contributed by atoms with E-state index < -0.39 is 6.10 Å². The van der Waals surface area contributed by atoms with Gasteiger partial charge < -0.3 is 15.0 Å². The van der Waals surface area contributed by atoms with Gasteiger partial charge in [-0.25, -0.2) is 9.07 Å². The largest absolute Gasteiger partial charge is 0.387 e. The van der Waals surface area contributed by atoms with E-state index in [4.69, 9.17) is 0 Å². The highest BCUT2D eigenvalue weighted by Crippen LogP contribution is 2.29. The molecule has 1 aliphatic heterocycles. The molecule has 1 unspecified atom stereocenters. The van der Waals surface area contributed by atoms with Gasteiger partial charge in [0.15, 0.2) is 0 Å². The third-order valence-electron chi connectivity index (χ3n) is 5.13. The van der Waals surface area contributed by atoms with E-state index in [0.29, 0.717) is 25.2 Å². The molecule has 146 valence electrons. The number of rotatable bonds is 5. The van der Waals surface area contributed by atoms with Gasteiger partial charge in [0.2, 0.25) is 5.91 Å². The monoisotopic (exact) mass is 383 g/mol. The maximum atomic E-state index is 13.4. The fourth-order valence-electron chi connectivity index (χ4n) is 3.50. The molecule has 0 bridgehead atoms. The first-order chi connectivity index (χ1) is 13.5. The average Bonchev–Trinajstić information content (AvgIpc) is 3.34. The molecule has 2 N–H and O–H groups in total. The lowest BCUT2D eigenvalue weighted by Gasteiger charge is -2.26. The Labute approximate surface area is 161 Å². The van der Waals surface area contributed by atoms with Crippen molar-refractivity contribution in [2.24, 2.45) is 0 Å². The molecule has 28 heavy (non-hydrogen) atoms. The van der Waals surface area contributed by atoms with Gasteiger partial charge in [-0.15, -0.1) is 5.10 Å². The summed E-state index contributed by atoms with van der Waals surface area (Å²) in [6, 6.07) is 4.72. The Bertz CT molecular complexity index is 1040. The number of benzene rings is 1. The van der Waals surface area contributed by atoms with E-state index in [-0.39, 0.29) is 18.3 Å². The standard InChI is InChI=1S/C20H22FN5O2/c1-2-19(27)18-11-26(24-23-18)12-20(28)25-7-5-13(6-8-25)16-10-22-17-9-14(21)3-4-15(16)17/h3-5,9-11,19,22,27H,2,6-8,12H2,1H3. The fourth-order valence-corrected chi connectivity index (χ4v) is 3.50. The van der Waals surface area contributed by atoms with Crippen LogP contribution in [-0.2, 0) is 11.3 Å². The van der Waals surface area contributed by atoms with Crippen LogP contribution in [0, 0.1) is 5.82 Å². The molecule has 1 aromatic carbocycles. The van der Waals surface area contributed by atoms with Crippen molar-refractivity contribution in [2.45, 2.75) is 32.4 Å². The van der Waals surface area contributed by atoms with Gasteiger partial charge in [-0.1, -0.05) is 18.2 Å². The quantitative estimate of drug-likeness (QED) is 0.709. The second-order valence-corrected chi connectivity index (χ2v) is 6.98. The summed E-state index contributed by atoms with van der Waals surface area (Å²) in [6.45, 7) is 3.08. The van der Waals surface area contributed by atoms with Crippen molar-refractivity contribution in [3.05, 3.63) is 53.7 Å². The van der Waals surface area contributed by atoms with E-state index in [1.807, 2.05) is 19.2 Å². The third-order valence-corrected chi connectivity index (χ3v) is 5.13. The zero-order valence-corrected chi connectivity index (χ0v) is 15.6. The molecule has 0 aliphatic carbocycles. The zero-order chi connectivity index (χ0) is 19.7. The van der Waals surface area contributed by atoms with Crippen LogP contribution in [0.25, 0.3) is 16.5 Å². The van der Waals surface area contributed by atoms with E-state index in [9.17, 15) is 14.3 Å². The number of hydrogen-bond donors (Lipinski definition) is 2. The van der Waals surface area contributed by atoms with Crippen LogP contribution in [0.5, 0.6) is 0 Å². The molecule has 3 aromatic rings. The number of nitrogens with one attached hydrogen (secondary N) is 1. The van der Waals surface area contributed by atoms with Crippen molar-refractivity contribution in [1.82, 2.24) is 24.9 Å². The van der Waals surface area contributed by atoms with Crippen molar-refractivity contribution in [3.8, 4) is 0 Å². The number of H-pyrrole nitrogens is 1. The Morgan fingerprint density at radius 3 is 3.04 bits per heavy atom. The molecule has 2 aromatic heterocycles. The normalized spacial score (nSPS) is 15.7. The lowest BCUT2D eigenvalue weighted by Crippen LogP contribution is -2.37. The molecule has 4 rings (SSSR count). The molecular weight excluding hydrogens is 361 g/mol. The minimum Gasteiger partial charge on any atom is -0.387 e. The molecule has 3 heterocycles. The Hall–Kier alpha value is -3.00. The fraction of sp³-hybridized carbons (Fsp3) is 0.350. The molecule has 1 amide bonds. The van der Waals surface area contributed by atoms with Gasteiger partial charge in [0.05, 0.1) is 12.3 Å². The molecule has 0 radical (unpaired) electrons. The number of aromatic nitrogens is 4. The third kappa shape index (κ3) is 3.55. The van der Waals surface area contributed by atoms with Crippen LogP contribution in [0.4, 0.5) is 4.39 Å². The molecular formula is C20H22FN5O2. The summed E-state index contributed by atoms with van der Waals surface area (Å²) in [4.78, 5) is 17.4. The lowest BCUT2D eigenvalue weighted by atomic mass is 9.99. The van der Waals surface area contributed by atoms with E-state index >= 15 is 0 Å². The molecule has 7 nitrogen and oxygen atoms in total. The van der Waals surface area contributed by atoms with Crippen LogP contribution in [0.15, 0.2) is 36.7 Å². The van der Waals surface area contributed by atoms with Crippen LogP contribution in [0.1, 0.15) is 37.1 Å². The van der Waals surface area contributed by atoms with Crippen molar-refractivity contribution in [1.29, 1.82) is 0 Å². The highest BCUT2D eigenvalue weighted by molar-refractivity contribution is 5.93. The number of carbonyl (C=O) groups is 1. The van der Waals surface area contributed by atoms with Crippen LogP contribution in [0.2, 0.25) is 0 Å². The first kappa shape index (κ1) is 18.4. The van der Waals surface area contributed by atoms with Crippen LogP contribution in [0.3, 0.4) is 0 Å². The van der Waals surface area contributed by atoms with E-state index in [2.05, 4.69) is 15.3 Å². The van der Waals surface area contributed by atoms with Crippen LogP contribution < -0.4 is 0 Å². The van der Waals surface area contributed by atoms with Crippen molar-refractivity contribution < 1.29 is 14.3 Å². The number of aliphatic hydroxyl groups is 1. The number of fused-ring (bicyclic) bond motifs is 1. The van der Waals surface area contributed by atoms with Gasteiger partial charge in [0.25, 0.3) is 0 Å². The van der Waals surface area contributed by atoms with Gasteiger partial charge in [-0.2, -0.15) is 0 Å². The summed E-state index contributed by atoms with van der Waals surface area (Å²) >= 11 is 0. The highest BCUT2D eigenvalue weighted by atomic mass is 19.1. The summed E-state index contributed by atoms with van der Waals surface area (Å²) in [5.41, 5.74) is 3.45. The maximum Gasteiger partial charge on any atom is 0.244 e. The summed E-state index contributed by atoms with van der Waals surface area (Å²) in [5, 5.41) is 18.6. The SMILES string of the molecule is CCC(O)c1cn(CC(=O)N2CC=C(c3c[nH]c4cc(F)ccc34)CC2)nn1. The van der Waals surface area contributed by atoms with Gasteiger partial charge in [-0.05, 0) is 36.6 Å². The molecule has 1 aliphatic rings. The number of hydrogen-bond acceptors (Lipinski definition) is 4. The Morgan fingerprint density at radius 1 is 1.43 bits per heavy atom. The first-order valence-electron chi connectivity index (χ1n) is 9.37. The average molecular weight is 383 g/mol. The van der Waals surface area contributed by atoms with Crippen molar-refractivity contribution >= 4 is 22.4 Å². The molecule has 0 saturated carbocycles.